The molecule has 8 nitrogen and oxygen atoms in total. The first-order chi connectivity index (χ1) is 15.1. The van der Waals surface area contributed by atoms with Gasteiger partial charge in [-0.05, 0) is 51.8 Å². The van der Waals surface area contributed by atoms with Gasteiger partial charge < -0.3 is 14.6 Å². The molecule has 0 radical (unpaired) electrons. The number of sulfonamides is 1. The number of halogens is 1. The third-order valence-electron chi connectivity index (χ3n) is 5.85. The van der Waals surface area contributed by atoms with Crippen LogP contribution in [0, 0.1) is 25.6 Å². The zero-order valence-electron chi connectivity index (χ0n) is 18.6. The predicted molar refractivity (Wildman–Crippen MR) is 117 cm³/mol. The first-order valence-corrected chi connectivity index (χ1v) is 11.9. The Morgan fingerprint density at radius 2 is 1.97 bits per heavy atom. The van der Waals surface area contributed by atoms with Crippen LogP contribution in [0.15, 0.2) is 29.2 Å². The molecule has 3 rings (SSSR count). The van der Waals surface area contributed by atoms with Crippen molar-refractivity contribution in [1.82, 2.24) is 8.87 Å². The summed E-state index contributed by atoms with van der Waals surface area (Å²) < 4.78 is 48.6. The van der Waals surface area contributed by atoms with E-state index in [2.05, 4.69) is 5.32 Å². The van der Waals surface area contributed by atoms with Crippen molar-refractivity contribution in [3.8, 4) is 0 Å². The van der Waals surface area contributed by atoms with Gasteiger partial charge in [-0.2, -0.15) is 4.31 Å². The number of esters is 1. The molecule has 32 heavy (non-hydrogen) atoms. The van der Waals surface area contributed by atoms with Gasteiger partial charge in [0.25, 0.3) is 0 Å². The van der Waals surface area contributed by atoms with E-state index < -0.39 is 27.7 Å². The van der Waals surface area contributed by atoms with Crippen molar-refractivity contribution in [2.45, 2.75) is 38.5 Å². The number of ether oxygens (including phenoxy) is 1. The van der Waals surface area contributed by atoms with Gasteiger partial charge in [0.15, 0.2) is 0 Å². The summed E-state index contributed by atoms with van der Waals surface area (Å²) >= 11 is 0. The Labute approximate surface area is 187 Å². The number of rotatable bonds is 6. The summed E-state index contributed by atoms with van der Waals surface area (Å²) in [6.45, 7) is 5.30. The van der Waals surface area contributed by atoms with Crippen molar-refractivity contribution in [3.63, 3.8) is 0 Å². The molecule has 1 aliphatic heterocycles. The standard InChI is InChI=1S/C22H28FN3O5S/c1-5-31-22(28)19-14(2)25(4)15(3)20(19)32(29,30)26-11-7-8-16(13-26)21(27)24-18-10-6-9-17(23)12-18/h6,9-10,12,16H,5,7-8,11,13H2,1-4H3,(H,24,27)/t16-/m1/s1. The van der Waals surface area contributed by atoms with Crippen LogP contribution in [0.5, 0.6) is 0 Å². The Morgan fingerprint density at radius 1 is 1.25 bits per heavy atom. The van der Waals surface area contributed by atoms with Crippen LogP contribution < -0.4 is 5.32 Å². The Morgan fingerprint density at radius 3 is 2.62 bits per heavy atom. The highest BCUT2D eigenvalue weighted by atomic mass is 32.2. The van der Waals surface area contributed by atoms with Gasteiger partial charge in [0.05, 0.1) is 12.5 Å². The molecule has 1 aromatic carbocycles. The van der Waals surface area contributed by atoms with E-state index in [4.69, 9.17) is 4.74 Å². The van der Waals surface area contributed by atoms with Gasteiger partial charge in [-0.1, -0.05) is 6.07 Å². The number of amides is 1. The first kappa shape index (κ1) is 23.9. The molecular formula is C22H28FN3O5S. The van der Waals surface area contributed by atoms with Crippen molar-refractivity contribution in [2.75, 3.05) is 25.0 Å². The number of piperidine rings is 1. The smallest absolute Gasteiger partial charge is 0.341 e. The number of benzene rings is 1. The predicted octanol–water partition coefficient (Wildman–Crippen LogP) is 3.00. The lowest BCUT2D eigenvalue weighted by Gasteiger charge is -2.31. The van der Waals surface area contributed by atoms with E-state index >= 15 is 0 Å². The number of carbonyl (C=O) groups excluding carboxylic acids is 2. The molecule has 0 saturated carbocycles. The normalized spacial score (nSPS) is 17.2. The average Bonchev–Trinajstić information content (AvgIpc) is 2.98. The molecule has 1 atom stereocenters. The molecule has 1 N–H and O–H groups in total. The Hall–Kier alpha value is -2.72. The highest BCUT2D eigenvalue weighted by Crippen LogP contribution is 2.32. The van der Waals surface area contributed by atoms with Gasteiger partial charge in [-0.3, -0.25) is 4.79 Å². The summed E-state index contributed by atoms with van der Waals surface area (Å²) in [5, 5.41) is 2.66. The molecule has 1 amide bonds. The van der Waals surface area contributed by atoms with Crippen molar-refractivity contribution in [1.29, 1.82) is 0 Å². The number of anilines is 1. The number of nitrogens with zero attached hydrogens (tertiary/aromatic N) is 2. The molecule has 0 aliphatic carbocycles. The molecule has 2 aromatic rings. The fourth-order valence-electron chi connectivity index (χ4n) is 3.99. The van der Waals surface area contributed by atoms with E-state index in [1.807, 2.05) is 0 Å². The van der Waals surface area contributed by atoms with Gasteiger partial charge in [0, 0.05) is 37.2 Å². The summed E-state index contributed by atoms with van der Waals surface area (Å²) in [4.78, 5) is 25.2. The maximum atomic E-state index is 13.6. The number of carbonyl (C=O) groups is 2. The van der Waals surface area contributed by atoms with Crippen molar-refractivity contribution in [2.24, 2.45) is 13.0 Å². The van der Waals surface area contributed by atoms with Crippen molar-refractivity contribution in [3.05, 3.63) is 47.0 Å². The summed E-state index contributed by atoms with van der Waals surface area (Å²) in [6.07, 6.45) is 0.991. The lowest BCUT2D eigenvalue weighted by atomic mass is 9.99. The number of hydrogen-bond acceptors (Lipinski definition) is 5. The minimum atomic E-state index is -4.06. The Kier molecular flexibility index (Phi) is 7.04. The van der Waals surface area contributed by atoms with E-state index in [0.717, 1.165) is 0 Å². The van der Waals surface area contributed by atoms with Crippen LogP contribution in [0.25, 0.3) is 0 Å². The molecular weight excluding hydrogens is 437 g/mol. The second-order valence-electron chi connectivity index (χ2n) is 7.86. The fraction of sp³-hybridized carbons (Fsp3) is 0.455. The number of aromatic nitrogens is 1. The molecule has 0 unspecified atom stereocenters. The highest BCUT2D eigenvalue weighted by molar-refractivity contribution is 7.89. The topological polar surface area (TPSA) is 97.7 Å². The first-order valence-electron chi connectivity index (χ1n) is 10.5. The summed E-state index contributed by atoms with van der Waals surface area (Å²) in [6, 6.07) is 5.53. The van der Waals surface area contributed by atoms with Gasteiger partial charge in [0.1, 0.15) is 16.3 Å². The second kappa shape index (κ2) is 9.41. The largest absolute Gasteiger partial charge is 0.462 e. The highest BCUT2D eigenvalue weighted by Gasteiger charge is 2.39. The van der Waals surface area contributed by atoms with E-state index in [1.54, 1.807) is 38.5 Å². The van der Waals surface area contributed by atoms with Gasteiger partial charge in [-0.15, -0.1) is 0 Å². The van der Waals surface area contributed by atoms with Crippen molar-refractivity contribution >= 4 is 27.6 Å². The van der Waals surface area contributed by atoms with E-state index in [0.29, 0.717) is 29.9 Å². The third kappa shape index (κ3) is 4.56. The maximum Gasteiger partial charge on any atom is 0.341 e. The van der Waals surface area contributed by atoms with Gasteiger partial charge in [-0.25, -0.2) is 17.6 Å². The van der Waals surface area contributed by atoms with Crippen molar-refractivity contribution < 1.29 is 27.1 Å². The molecule has 1 fully saturated rings. The lowest BCUT2D eigenvalue weighted by molar-refractivity contribution is -0.120. The summed E-state index contributed by atoms with van der Waals surface area (Å²) in [5.41, 5.74) is 1.26. The van der Waals surface area contributed by atoms with Crippen LogP contribution >= 0.6 is 0 Å². The van der Waals surface area contributed by atoms with Crippen LogP contribution in [-0.4, -0.2) is 48.9 Å². The van der Waals surface area contributed by atoms with Crippen LogP contribution in [0.3, 0.4) is 0 Å². The lowest BCUT2D eigenvalue weighted by Crippen LogP contribution is -2.44. The zero-order chi connectivity index (χ0) is 23.6. The molecule has 174 valence electrons. The fourth-order valence-corrected chi connectivity index (χ4v) is 5.99. The molecule has 1 saturated heterocycles. The number of hydrogen-bond donors (Lipinski definition) is 1. The zero-order valence-corrected chi connectivity index (χ0v) is 19.5. The average molecular weight is 466 g/mol. The SMILES string of the molecule is CCOC(=O)c1c(S(=O)(=O)N2CCC[C@@H](C(=O)Nc3cccc(F)c3)C2)c(C)n(C)c1C. The second-order valence-corrected chi connectivity index (χ2v) is 9.73. The number of nitrogens with one attached hydrogen (secondary N) is 1. The van der Waals surface area contributed by atoms with Gasteiger partial charge in [0.2, 0.25) is 15.9 Å². The van der Waals surface area contributed by atoms with E-state index in [1.165, 1.54) is 22.5 Å². The van der Waals surface area contributed by atoms with E-state index in [-0.39, 0.29) is 36.1 Å². The molecule has 10 heteroatoms. The monoisotopic (exact) mass is 465 g/mol. The van der Waals surface area contributed by atoms with Crippen LogP contribution in [-0.2, 0) is 26.6 Å². The van der Waals surface area contributed by atoms with Crippen LogP contribution in [0.4, 0.5) is 10.1 Å². The van der Waals surface area contributed by atoms with Gasteiger partial charge >= 0.3 is 5.97 Å². The van der Waals surface area contributed by atoms with Crippen LogP contribution in [0.1, 0.15) is 41.5 Å². The Bertz CT molecular complexity index is 1140. The maximum absolute atomic E-state index is 13.6. The molecule has 0 bridgehead atoms. The summed E-state index contributed by atoms with van der Waals surface area (Å²) in [5.74, 6) is -2.14. The molecule has 1 aromatic heterocycles. The summed E-state index contributed by atoms with van der Waals surface area (Å²) in [7, 11) is -2.37. The van der Waals surface area contributed by atoms with Crippen LogP contribution in [0.2, 0.25) is 0 Å². The molecule has 1 aliphatic rings. The third-order valence-corrected chi connectivity index (χ3v) is 7.88. The quantitative estimate of drug-likeness (QED) is 0.662. The molecule has 0 spiro atoms. The minimum Gasteiger partial charge on any atom is -0.462 e. The molecule has 2 heterocycles. The minimum absolute atomic E-state index is 0.0261. The Balaban J connectivity index is 1.88. The van der Waals surface area contributed by atoms with E-state index in [9.17, 15) is 22.4 Å².